The molecule has 0 radical (unpaired) electrons. The van der Waals surface area contributed by atoms with E-state index in [-0.39, 0.29) is 6.61 Å². The second kappa shape index (κ2) is 5.64. The van der Waals surface area contributed by atoms with E-state index in [1.165, 1.54) is 0 Å². The lowest BCUT2D eigenvalue weighted by atomic mass is 10.2. The zero-order valence-electron chi connectivity index (χ0n) is 10.1. The lowest BCUT2D eigenvalue weighted by molar-refractivity contribution is 0.276. The molecule has 1 heterocycles. The van der Waals surface area contributed by atoms with Crippen molar-refractivity contribution in [2.24, 2.45) is 0 Å². The first-order valence-electron chi connectivity index (χ1n) is 6.09. The third kappa shape index (κ3) is 2.74. The van der Waals surface area contributed by atoms with Crippen LogP contribution >= 0.6 is 0 Å². The number of aryl methyl sites for hydroxylation is 1. The molecule has 0 aliphatic heterocycles. The number of nitrogens with one attached hydrogen (secondary N) is 1. The third-order valence-electron chi connectivity index (χ3n) is 2.84. The van der Waals surface area contributed by atoms with Crippen molar-refractivity contribution in [1.82, 2.24) is 9.97 Å². The molecule has 1 aromatic carbocycles. The first-order chi connectivity index (χ1) is 8.35. The number of aromatic nitrogens is 2. The van der Waals surface area contributed by atoms with Gasteiger partial charge in [-0.2, -0.15) is 0 Å². The van der Waals surface area contributed by atoms with Gasteiger partial charge in [0.15, 0.2) is 0 Å². The first-order valence-corrected chi connectivity index (χ1v) is 6.09. The summed E-state index contributed by atoms with van der Waals surface area (Å²) in [5, 5.41) is 9.31. The number of rotatable bonds is 5. The average Bonchev–Trinajstić information content (AvgIpc) is 2.80. The van der Waals surface area contributed by atoms with Crippen molar-refractivity contribution in [3.63, 3.8) is 0 Å². The second-order valence-electron chi connectivity index (χ2n) is 4.14. The van der Waals surface area contributed by atoms with Gasteiger partial charge >= 0.3 is 0 Å². The number of aliphatic hydroxyl groups excluding tert-OH is 1. The van der Waals surface area contributed by atoms with Gasteiger partial charge in [0.1, 0.15) is 5.82 Å². The Morgan fingerprint density at radius 1 is 1.24 bits per heavy atom. The number of aliphatic hydroxyl groups is 1. The zero-order valence-corrected chi connectivity index (χ0v) is 10.1. The second-order valence-corrected chi connectivity index (χ2v) is 4.14. The highest BCUT2D eigenvalue weighted by Gasteiger charge is 2.09. The molecule has 0 spiro atoms. The lowest BCUT2D eigenvalue weighted by Gasteiger charge is -1.96. The minimum Gasteiger partial charge on any atom is -0.390 e. The van der Waals surface area contributed by atoms with E-state index in [4.69, 9.17) is 0 Å². The molecule has 1 aromatic heterocycles. The first kappa shape index (κ1) is 11.9. The van der Waals surface area contributed by atoms with Crippen LogP contribution in [0.5, 0.6) is 0 Å². The van der Waals surface area contributed by atoms with E-state index in [2.05, 4.69) is 16.9 Å². The number of benzene rings is 1. The SMILES string of the molecule is CCCCc1nc(-c2ccccc2)[nH]c1CO. The largest absolute Gasteiger partial charge is 0.390 e. The Hall–Kier alpha value is -1.61. The van der Waals surface area contributed by atoms with Crippen LogP contribution in [-0.2, 0) is 13.0 Å². The number of hydrogen-bond donors (Lipinski definition) is 2. The minimum absolute atomic E-state index is 0.0267. The zero-order chi connectivity index (χ0) is 12.1. The molecule has 0 saturated carbocycles. The highest BCUT2D eigenvalue weighted by atomic mass is 16.3. The number of unbranched alkanes of at least 4 members (excludes halogenated alkanes) is 1. The van der Waals surface area contributed by atoms with Gasteiger partial charge < -0.3 is 10.1 Å². The topological polar surface area (TPSA) is 48.9 Å². The Morgan fingerprint density at radius 3 is 2.65 bits per heavy atom. The van der Waals surface area contributed by atoms with E-state index in [9.17, 15) is 5.11 Å². The lowest BCUT2D eigenvalue weighted by Crippen LogP contribution is -1.92. The van der Waals surface area contributed by atoms with E-state index in [1.807, 2.05) is 30.3 Å². The Labute approximate surface area is 102 Å². The highest BCUT2D eigenvalue weighted by Crippen LogP contribution is 2.19. The molecule has 0 bridgehead atoms. The molecule has 0 atom stereocenters. The van der Waals surface area contributed by atoms with Crippen LogP contribution in [0.1, 0.15) is 31.2 Å². The van der Waals surface area contributed by atoms with Gasteiger partial charge in [-0.25, -0.2) is 4.98 Å². The number of H-pyrrole nitrogens is 1. The maximum Gasteiger partial charge on any atom is 0.137 e. The predicted molar refractivity (Wildman–Crippen MR) is 68.6 cm³/mol. The summed E-state index contributed by atoms with van der Waals surface area (Å²) in [7, 11) is 0. The molecule has 0 saturated heterocycles. The van der Waals surface area contributed by atoms with Gasteiger partial charge in [0.25, 0.3) is 0 Å². The number of imidazole rings is 1. The molecule has 2 aromatic rings. The molecule has 0 aliphatic carbocycles. The summed E-state index contributed by atoms with van der Waals surface area (Å²) >= 11 is 0. The molecule has 2 N–H and O–H groups in total. The number of nitrogens with zero attached hydrogens (tertiary/aromatic N) is 1. The Kier molecular flexibility index (Phi) is 3.94. The molecule has 0 aliphatic rings. The molecule has 2 rings (SSSR count). The summed E-state index contributed by atoms with van der Waals surface area (Å²) < 4.78 is 0. The summed E-state index contributed by atoms with van der Waals surface area (Å²) in [4.78, 5) is 7.77. The van der Waals surface area contributed by atoms with Crippen LogP contribution in [0.15, 0.2) is 30.3 Å². The van der Waals surface area contributed by atoms with Crippen molar-refractivity contribution in [2.45, 2.75) is 32.8 Å². The average molecular weight is 230 g/mol. The van der Waals surface area contributed by atoms with Gasteiger partial charge in [0.2, 0.25) is 0 Å². The van der Waals surface area contributed by atoms with Crippen molar-refractivity contribution >= 4 is 0 Å². The fourth-order valence-corrected chi connectivity index (χ4v) is 1.86. The van der Waals surface area contributed by atoms with Crippen LogP contribution in [0, 0.1) is 0 Å². The standard InChI is InChI=1S/C14H18N2O/c1-2-3-9-12-13(10-17)16-14(15-12)11-7-5-4-6-8-11/h4-8,17H,2-3,9-10H2,1H3,(H,15,16). The Bertz CT molecular complexity index is 462. The highest BCUT2D eigenvalue weighted by molar-refractivity contribution is 5.55. The van der Waals surface area contributed by atoms with Crippen molar-refractivity contribution in [3.05, 3.63) is 41.7 Å². The van der Waals surface area contributed by atoms with Crippen LogP contribution in [0.2, 0.25) is 0 Å². The molecule has 3 nitrogen and oxygen atoms in total. The summed E-state index contributed by atoms with van der Waals surface area (Å²) in [6, 6.07) is 9.99. The van der Waals surface area contributed by atoms with Crippen LogP contribution < -0.4 is 0 Å². The molecule has 0 unspecified atom stereocenters. The van der Waals surface area contributed by atoms with Crippen molar-refractivity contribution in [1.29, 1.82) is 0 Å². The monoisotopic (exact) mass is 230 g/mol. The molecular weight excluding hydrogens is 212 g/mol. The van der Waals surface area contributed by atoms with Crippen LogP contribution in [0.3, 0.4) is 0 Å². The van der Waals surface area contributed by atoms with Crippen LogP contribution in [0.25, 0.3) is 11.4 Å². The fourth-order valence-electron chi connectivity index (χ4n) is 1.86. The maximum absolute atomic E-state index is 9.31. The van der Waals surface area contributed by atoms with Gasteiger partial charge in [0, 0.05) is 5.56 Å². The molecule has 17 heavy (non-hydrogen) atoms. The smallest absolute Gasteiger partial charge is 0.137 e. The molecular formula is C14H18N2O. The summed E-state index contributed by atoms with van der Waals surface area (Å²) in [5.41, 5.74) is 2.90. The van der Waals surface area contributed by atoms with E-state index < -0.39 is 0 Å². The molecule has 90 valence electrons. The van der Waals surface area contributed by atoms with E-state index in [0.29, 0.717) is 0 Å². The normalized spacial score (nSPS) is 10.7. The minimum atomic E-state index is 0.0267. The van der Waals surface area contributed by atoms with Gasteiger partial charge in [-0.1, -0.05) is 43.7 Å². The fraction of sp³-hybridized carbons (Fsp3) is 0.357. The van der Waals surface area contributed by atoms with E-state index in [1.54, 1.807) is 0 Å². The van der Waals surface area contributed by atoms with Crippen molar-refractivity contribution in [3.8, 4) is 11.4 Å². The predicted octanol–water partition coefficient (Wildman–Crippen LogP) is 2.91. The quantitative estimate of drug-likeness (QED) is 0.829. The van der Waals surface area contributed by atoms with Gasteiger partial charge in [0.05, 0.1) is 18.0 Å². The third-order valence-corrected chi connectivity index (χ3v) is 2.84. The van der Waals surface area contributed by atoms with Crippen molar-refractivity contribution in [2.75, 3.05) is 0 Å². The Morgan fingerprint density at radius 2 is 2.00 bits per heavy atom. The van der Waals surface area contributed by atoms with Gasteiger partial charge in [-0.3, -0.25) is 0 Å². The summed E-state index contributed by atoms with van der Waals surface area (Å²) in [6.07, 6.45) is 3.17. The Balaban J connectivity index is 2.28. The van der Waals surface area contributed by atoms with Crippen molar-refractivity contribution < 1.29 is 5.11 Å². The summed E-state index contributed by atoms with van der Waals surface area (Å²) in [5.74, 6) is 0.848. The molecule has 0 amide bonds. The van der Waals surface area contributed by atoms with Crippen LogP contribution in [-0.4, -0.2) is 15.1 Å². The maximum atomic E-state index is 9.31. The van der Waals surface area contributed by atoms with Crippen LogP contribution in [0.4, 0.5) is 0 Å². The van der Waals surface area contributed by atoms with E-state index in [0.717, 1.165) is 42.0 Å². The van der Waals surface area contributed by atoms with E-state index >= 15 is 0 Å². The molecule has 0 fully saturated rings. The molecule has 3 heteroatoms. The van der Waals surface area contributed by atoms with Gasteiger partial charge in [-0.15, -0.1) is 0 Å². The number of hydrogen-bond acceptors (Lipinski definition) is 2. The van der Waals surface area contributed by atoms with Gasteiger partial charge in [-0.05, 0) is 12.8 Å². The number of aromatic amines is 1. The summed E-state index contributed by atoms with van der Waals surface area (Å²) in [6.45, 7) is 2.18.